The number of nitro groups is 1. The highest BCUT2D eigenvalue weighted by Gasteiger charge is 2.28. The van der Waals surface area contributed by atoms with E-state index < -0.39 is 22.2 Å². The van der Waals surface area contributed by atoms with Gasteiger partial charge in [0.25, 0.3) is 5.69 Å². The van der Waals surface area contributed by atoms with Crippen molar-refractivity contribution in [1.82, 2.24) is 0 Å². The molecule has 1 N–H and O–H groups in total. The van der Waals surface area contributed by atoms with E-state index in [0.29, 0.717) is 0 Å². The second kappa shape index (κ2) is 3.45. The minimum Gasteiger partial charge on any atom is -0.374 e. The average molecular weight is 214 g/mol. The van der Waals surface area contributed by atoms with Crippen molar-refractivity contribution >= 4 is 11.4 Å². The van der Waals surface area contributed by atoms with Crippen LogP contribution in [0.3, 0.4) is 0 Å². The zero-order valence-corrected chi connectivity index (χ0v) is 7.67. The fourth-order valence-electron chi connectivity index (χ4n) is 1.26. The lowest BCUT2D eigenvalue weighted by molar-refractivity contribution is -0.384. The second-order valence-corrected chi connectivity index (χ2v) is 3.43. The quantitative estimate of drug-likeness (QED) is 0.621. The van der Waals surface area contributed by atoms with E-state index in [2.05, 4.69) is 5.32 Å². The van der Waals surface area contributed by atoms with Crippen LogP contribution in [0.15, 0.2) is 12.1 Å². The number of nitrogens with one attached hydrogen (secondary N) is 1. The van der Waals surface area contributed by atoms with Crippen LogP contribution in [0.5, 0.6) is 0 Å². The summed E-state index contributed by atoms with van der Waals surface area (Å²) in [6.45, 7) is 0. The molecule has 1 fully saturated rings. The van der Waals surface area contributed by atoms with Crippen molar-refractivity contribution < 1.29 is 13.7 Å². The summed E-state index contributed by atoms with van der Waals surface area (Å²) in [5.41, 5.74) is -0.775. The number of nitro benzene ring substituents is 1. The molecule has 0 atom stereocenters. The van der Waals surface area contributed by atoms with Crippen molar-refractivity contribution in [3.63, 3.8) is 0 Å². The van der Waals surface area contributed by atoms with Gasteiger partial charge in [-0.25, -0.2) is 8.78 Å². The van der Waals surface area contributed by atoms with Crippen LogP contribution in [0.1, 0.15) is 12.8 Å². The number of hydrogen-bond donors (Lipinski definition) is 1. The van der Waals surface area contributed by atoms with Crippen LogP contribution in [0, 0.1) is 21.7 Å². The summed E-state index contributed by atoms with van der Waals surface area (Å²) in [6.07, 6.45) is 1.65. The summed E-state index contributed by atoms with van der Waals surface area (Å²) < 4.78 is 26.1. The molecule has 1 saturated carbocycles. The second-order valence-electron chi connectivity index (χ2n) is 3.43. The predicted octanol–water partition coefficient (Wildman–Crippen LogP) is 2.45. The molecular weight excluding hydrogens is 206 g/mol. The maximum Gasteiger partial charge on any atom is 0.295 e. The van der Waals surface area contributed by atoms with Gasteiger partial charge in [-0.15, -0.1) is 0 Å². The lowest BCUT2D eigenvalue weighted by Gasteiger charge is -2.06. The molecule has 0 radical (unpaired) electrons. The molecule has 0 heterocycles. The summed E-state index contributed by atoms with van der Waals surface area (Å²) >= 11 is 0. The Morgan fingerprint density at radius 2 is 2.07 bits per heavy atom. The Hall–Kier alpha value is -1.72. The Morgan fingerprint density at radius 1 is 1.40 bits per heavy atom. The molecule has 0 unspecified atom stereocenters. The van der Waals surface area contributed by atoms with Crippen molar-refractivity contribution in [2.75, 3.05) is 5.32 Å². The normalized spacial score (nSPS) is 15.1. The molecule has 0 aliphatic heterocycles. The van der Waals surface area contributed by atoms with E-state index in [0.717, 1.165) is 25.0 Å². The van der Waals surface area contributed by atoms with Crippen molar-refractivity contribution in [2.45, 2.75) is 18.9 Å². The van der Waals surface area contributed by atoms with Gasteiger partial charge in [0, 0.05) is 12.1 Å². The maximum absolute atomic E-state index is 13.3. The van der Waals surface area contributed by atoms with Gasteiger partial charge in [0.15, 0.2) is 17.3 Å². The third-order valence-corrected chi connectivity index (χ3v) is 2.20. The summed E-state index contributed by atoms with van der Waals surface area (Å²) in [7, 11) is 0. The first-order valence-corrected chi connectivity index (χ1v) is 4.48. The van der Waals surface area contributed by atoms with Gasteiger partial charge < -0.3 is 5.32 Å². The SMILES string of the molecule is O=[N+]([O-])c1ccc(F)c(F)c1NC1CC1. The molecule has 0 amide bonds. The molecule has 4 nitrogen and oxygen atoms in total. The van der Waals surface area contributed by atoms with E-state index in [1.54, 1.807) is 0 Å². The molecule has 6 heteroatoms. The third kappa shape index (κ3) is 1.88. The molecule has 0 saturated heterocycles. The molecule has 1 aromatic rings. The number of halogens is 2. The van der Waals surface area contributed by atoms with E-state index in [1.807, 2.05) is 0 Å². The molecular formula is C9H8F2N2O2. The van der Waals surface area contributed by atoms with Gasteiger partial charge in [0.2, 0.25) is 0 Å². The molecule has 0 bridgehead atoms. The number of rotatable bonds is 3. The summed E-state index contributed by atoms with van der Waals surface area (Å²) in [5.74, 6) is -2.26. The molecule has 1 aliphatic carbocycles. The number of anilines is 1. The third-order valence-electron chi connectivity index (χ3n) is 2.20. The van der Waals surface area contributed by atoms with E-state index >= 15 is 0 Å². The topological polar surface area (TPSA) is 55.2 Å². The maximum atomic E-state index is 13.3. The van der Waals surface area contributed by atoms with Gasteiger partial charge in [-0.3, -0.25) is 10.1 Å². The number of benzene rings is 1. The first-order valence-electron chi connectivity index (χ1n) is 4.48. The Bertz CT molecular complexity index is 419. The van der Waals surface area contributed by atoms with Crippen LogP contribution in [0.2, 0.25) is 0 Å². The van der Waals surface area contributed by atoms with Crippen LogP contribution in [0.4, 0.5) is 20.2 Å². The first kappa shape index (κ1) is 9.82. The predicted molar refractivity (Wildman–Crippen MR) is 49.7 cm³/mol. The number of nitrogens with zero attached hydrogens (tertiary/aromatic N) is 1. The van der Waals surface area contributed by atoms with Gasteiger partial charge in [-0.1, -0.05) is 0 Å². The molecule has 0 aromatic heterocycles. The molecule has 80 valence electrons. The van der Waals surface area contributed by atoms with Crippen molar-refractivity contribution in [1.29, 1.82) is 0 Å². The fourth-order valence-corrected chi connectivity index (χ4v) is 1.26. The highest BCUT2D eigenvalue weighted by Crippen LogP contribution is 2.33. The average Bonchev–Trinajstić information content (AvgIpc) is 2.96. The molecule has 2 rings (SSSR count). The first-order chi connectivity index (χ1) is 7.09. The van der Waals surface area contributed by atoms with Gasteiger partial charge in [-0.05, 0) is 18.9 Å². The zero-order valence-electron chi connectivity index (χ0n) is 7.67. The van der Waals surface area contributed by atoms with Crippen LogP contribution < -0.4 is 5.32 Å². The molecule has 0 spiro atoms. The van der Waals surface area contributed by atoms with E-state index in [4.69, 9.17) is 0 Å². The van der Waals surface area contributed by atoms with Crippen LogP contribution >= 0.6 is 0 Å². The highest BCUT2D eigenvalue weighted by atomic mass is 19.2. The minimum absolute atomic E-state index is 0.0278. The van der Waals surface area contributed by atoms with Crippen LogP contribution in [-0.4, -0.2) is 11.0 Å². The van der Waals surface area contributed by atoms with Gasteiger partial charge in [0.1, 0.15) is 0 Å². The summed E-state index contributed by atoms with van der Waals surface area (Å²) in [6, 6.07) is 1.74. The largest absolute Gasteiger partial charge is 0.374 e. The van der Waals surface area contributed by atoms with Crippen LogP contribution in [0.25, 0.3) is 0 Å². The lowest BCUT2D eigenvalue weighted by Crippen LogP contribution is -2.07. The van der Waals surface area contributed by atoms with Crippen LogP contribution in [-0.2, 0) is 0 Å². The molecule has 15 heavy (non-hydrogen) atoms. The van der Waals surface area contributed by atoms with Crippen molar-refractivity contribution in [3.8, 4) is 0 Å². The smallest absolute Gasteiger partial charge is 0.295 e. The zero-order chi connectivity index (χ0) is 11.0. The standard InChI is InChI=1S/C9H8F2N2O2/c10-6-3-4-7(13(14)15)9(8(6)11)12-5-1-2-5/h3-5,12H,1-2H2. The van der Waals surface area contributed by atoms with Crippen molar-refractivity contribution in [3.05, 3.63) is 33.9 Å². The molecule has 1 aromatic carbocycles. The lowest BCUT2D eigenvalue weighted by atomic mass is 10.2. The molecule has 1 aliphatic rings. The Balaban J connectivity index is 2.44. The van der Waals surface area contributed by atoms with E-state index in [-0.39, 0.29) is 11.7 Å². The fraction of sp³-hybridized carbons (Fsp3) is 0.333. The van der Waals surface area contributed by atoms with E-state index in [1.165, 1.54) is 0 Å². The van der Waals surface area contributed by atoms with Gasteiger partial charge in [-0.2, -0.15) is 0 Å². The van der Waals surface area contributed by atoms with Gasteiger partial charge in [0.05, 0.1) is 4.92 Å². The highest BCUT2D eigenvalue weighted by molar-refractivity contribution is 5.63. The van der Waals surface area contributed by atoms with Crippen molar-refractivity contribution in [2.24, 2.45) is 0 Å². The Kier molecular flexibility index (Phi) is 2.26. The minimum atomic E-state index is -1.18. The monoisotopic (exact) mass is 214 g/mol. The summed E-state index contributed by atoms with van der Waals surface area (Å²) in [4.78, 5) is 9.83. The Morgan fingerprint density at radius 3 is 2.60 bits per heavy atom. The van der Waals surface area contributed by atoms with E-state index in [9.17, 15) is 18.9 Å². The summed E-state index contributed by atoms with van der Waals surface area (Å²) in [5, 5.41) is 13.2. The van der Waals surface area contributed by atoms with Gasteiger partial charge >= 0.3 is 0 Å². The number of hydrogen-bond acceptors (Lipinski definition) is 3. The Labute approximate surface area is 84.1 Å².